The predicted molar refractivity (Wildman–Crippen MR) is 130 cm³/mol. The van der Waals surface area contributed by atoms with Crippen molar-refractivity contribution >= 4 is 22.6 Å². The summed E-state index contributed by atoms with van der Waals surface area (Å²) >= 11 is 1.47. The molecule has 2 heterocycles. The van der Waals surface area contributed by atoms with E-state index in [1.165, 1.54) is 30.8 Å². The van der Waals surface area contributed by atoms with Crippen LogP contribution in [0.3, 0.4) is 0 Å². The molecule has 7 heteroatoms. The SMILES string of the molecule is COc1cccc(Cc2nsc(N3CCN(C(=O)C45CC6CC(CC(C6)C4)C5)C(C)C3)n2)c1. The molecule has 0 spiro atoms. The molecule has 4 aliphatic carbocycles. The molecule has 1 aromatic carbocycles. The third-order valence-electron chi connectivity index (χ3n) is 8.60. The van der Waals surface area contributed by atoms with Crippen molar-refractivity contribution in [1.82, 2.24) is 14.3 Å². The van der Waals surface area contributed by atoms with Gasteiger partial charge < -0.3 is 14.5 Å². The summed E-state index contributed by atoms with van der Waals surface area (Å²) in [6.45, 7) is 4.69. The molecule has 6 nitrogen and oxygen atoms in total. The number of carbonyl (C=O) groups excluding carboxylic acids is 1. The Kier molecular flexibility index (Phi) is 5.35. The van der Waals surface area contributed by atoms with Crippen LogP contribution in [0.5, 0.6) is 5.75 Å². The highest BCUT2D eigenvalue weighted by Crippen LogP contribution is 2.60. The zero-order valence-corrected chi connectivity index (χ0v) is 20.5. The molecule has 5 fully saturated rings. The Bertz CT molecular complexity index is 1000. The van der Waals surface area contributed by atoms with Crippen molar-refractivity contribution in [3.05, 3.63) is 35.7 Å². The van der Waals surface area contributed by atoms with Gasteiger partial charge in [0, 0.05) is 43.6 Å². The van der Waals surface area contributed by atoms with E-state index in [0.29, 0.717) is 12.3 Å². The molecule has 1 atom stereocenters. The largest absolute Gasteiger partial charge is 0.497 e. The van der Waals surface area contributed by atoms with Gasteiger partial charge in [-0.2, -0.15) is 4.37 Å². The van der Waals surface area contributed by atoms with E-state index >= 15 is 0 Å². The van der Waals surface area contributed by atoms with Crippen molar-refractivity contribution in [3.8, 4) is 5.75 Å². The van der Waals surface area contributed by atoms with E-state index in [4.69, 9.17) is 9.72 Å². The summed E-state index contributed by atoms with van der Waals surface area (Å²) in [5, 5.41) is 0.974. The first-order valence-corrected chi connectivity index (χ1v) is 13.3. The number of aromatic nitrogens is 2. The normalized spacial score (nSPS) is 32.9. The number of methoxy groups -OCH3 is 1. The van der Waals surface area contributed by atoms with Gasteiger partial charge in [-0.1, -0.05) is 12.1 Å². The van der Waals surface area contributed by atoms with Gasteiger partial charge in [0.25, 0.3) is 0 Å². The summed E-state index contributed by atoms with van der Waals surface area (Å²) in [6, 6.07) is 8.29. The number of amides is 1. The van der Waals surface area contributed by atoms with Crippen LogP contribution in [0.15, 0.2) is 24.3 Å². The second kappa shape index (κ2) is 8.26. The molecule has 4 saturated carbocycles. The van der Waals surface area contributed by atoms with E-state index in [1.807, 2.05) is 18.2 Å². The number of carbonyl (C=O) groups is 1. The number of hydrogen-bond donors (Lipinski definition) is 0. The van der Waals surface area contributed by atoms with E-state index in [2.05, 4.69) is 27.2 Å². The number of nitrogens with zero attached hydrogens (tertiary/aromatic N) is 4. The average Bonchev–Trinajstić information content (AvgIpc) is 3.26. The van der Waals surface area contributed by atoms with Crippen LogP contribution in [0.4, 0.5) is 5.13 Å². The predicted octanol–water partition coefficient (Wildman–Crippen LogP) is 4.39. The Morgan fingerprint density at radius 1 is 1.15 bits per heavy atom. The quantitative estimate of drug-likeness (QED) is 0.654. The van der Waals surface area contributed by atoms with Crippen LogP contribution in [0.2, 0.25) is 0 Å². The summed E-state index contributed by atoms with van der Waals surface area (Å²) in [5.74, 6) is 4.59. The summed E-state index contributed by atoms with van der Waals surface area (Å²) in [7, 11) is 1.69. The molecule has 1 saturated heterocycles. The van der Waals surface area contributed by atoms with Gasteiger partial charge in [-0.15, -0.1) is 0 Å². The fourth-order valence-electron chi connectivity index (χ4n) is 7.52. The van der Waals surface area contributed by atoms with E-state index in [0.717, 1.165) is 78.9 Å². The van der Waals surface area contributed by atoms with Gasteiger partial charge in [0.1, 0.15) is 11.6 Å². The number of hydrogen-bond acceptors (Lipinski definition) is 6. The van der Waals surface area contributed by atoms with E-state index in [9.17, 15) is 4.79 Å². The Hall–Kier alpha value is -2.15. The van der Waals surface area contributed by atoms with Gasteiger partial charge in [-0.25, -0.2) is 4.98 Å². The van der Waals surface area contributed by atoms with Crippen LogP contribution in [-0.4, -0.2) is 53.0 Å². The van der Waals surface area contributed by atoms with Crippen LogP contribution in [0.1, 0.15) is 56.8 Å². The highest BCUT2D eigenvalue weighted by Gasteiger charge is 2.56. The van der Waals surface area contributed by atoms with Crippen LogP contribution < -0.4 is 9.64 Å². The molecule has 1 amide bonds. The third-order valence-corrected chi connectivity index (χ3v) is 9.42. The summed E-state index contributed by atoms with van der Waals surface area (Å²) in [4.78, 5) is 23.2. The summed E-state index contributed by atoms with van der Waals surface area (Å²) in [6.07, 6.45) is 8.28. The first-order valence-electron chi connectivity index (χ1n) is 12.5. The molecule has 7 rings (SSSR count). The number of piperazine rings is 1. The van der Waals surface area contributed by atoms with Crippen molar-refractivity contribution in [1.29, 1.82) is 0 Å². The van der Waals surface area contributed by atoms with Crippen LogP contribution in [0.25, 0.3) is 0 Å². The lowest BCUT2D eigenvalue weighted by Crippen LogP contribution is -2.61. The van der Waals surface area contributed by atoms with Crippen molar-refractivity contribution in [2.24, 2.45) is 23.2 Å². The molecule has 176 valence electrons. The second-order valence-electron chi connectivity index (χ2n) is 11.0. The fraction of sp³-hybridized carbons (Fsp3) is 0.654. The summed E-state index contributed by atoms with van der Waals surface area (Å²) in [5.41, 5.74) is 1.11. The minimum absolute atomic E-state index is 0.0438. The Morgan fingerprint density at radius 2 is 1.88 bits per heavy atom. The van der Waals surface area contributed by atoms with Gasteiger partial charge in [-0.05, 0) is 80.9 Å². The van der Waals surface area contributed by atoms with Crippen LogP contribution in [-0.2, 0) is 11.2 Å². The van der Waals surface area contributed by atoms with Crippen LogP contribution in [0, 0.1) is 23.2 Å². The molecule has 1 aromatic heterocycles. The standard InChI is InChI=1S/C26H34N4O2S/c1-17-16-29(25-27-23(28-33-25)12-18-4-3-5-22(11-18)32-2)6-7-30(17)24(31)26-13-19-8-20(14-26)10-21(9-19)15-26/h3-5,11,17,19-21H,6-10,12-16H2,1-2H3. The van der Waals surface area contributed by atoms with Crippen molar-refractivity contribution in [2.75, 3.05) is 31.6 Å². The molecular formula is C26H34N4O2S. The molecule has 4 bridgehead atoms. The lowest BCUT2D eigenvalue weighted by Gasteiger charge is -2.57. The molecule has 1 unspecified atom stereocenters. The maximum absolute atomic E-state index is 13.8. The van der Waals surface area contributed by atoms with Gasteiger partial charge >= 0.3 is 0 Å². The van der Waals surface area contributed by atoms with Crippen molar-refractivity contribution in [2.45, 2.75) is 57.9 Å². The van der Waals surface area contributed by atoms with Gasteiger partial charge in [0.2, 0.25) is 11.0 Å². The van der Waals surface area contributed by atoms with E-state index < -0.39 is 0 Å². The Morgan fingerprint density at radius 3 is 2.55 bits per heavy atom. The topological polar surface area (TPSA) is 58.6 Å². The monoisotopic (exact) mass is 466 g/mol. The Balaban J connectivity index is 1.11. The molecule has 2 aromatic rings. The molecule has 1 aliphatic heterocycles. The minimum Gasteiger partial charge on any atom is -0.497 e. The first-order chi connectivity index (χ1) is 16.0. The number of benzene rings is 1. The fourth-order valence-corrected chi connectivity index (χ4v) is 8.24. The minimum atomic E-state index is -0.0438. The molecule has 0 N–H and O–H groups in total. The molecular weight excluding hydrogens is 432 g/mol. The average molecular weight is 467 g/mol. The lowest BCUT2D eigenvalue weighted by atomic mass is 9.49. The van der Waals surface area contributed by atoms with Gasteiger partial charge in [0.15, 0.2) is 0 Å². The highest BCUT2D eigenvalue weighted by molar-refractivity contribution is 7.09. The number of anilines is 1. The van der Waals surface area contributed by atoms with Gasteiger partial charge in [0.05, 0.1) is 12.5 Å². The molecule has 33 heavy (non-hydrogen) atoms. The number of rotatable bonds is 5. The highest BCUT2D eigenvalue weighted by atomic mass is 32.1. The van der Waals surface area contributed by atoms with Crippen LogP contribution >= 0.6 is 11.5 Å². The second-order valence-corrected chi connectivity index (χ2v) is 11.7. The Labute approximate surface area is 200 Å². The van der Waals surface area contributed by atoms with E-state index in [-0.39, 0.29) is 11.5 Å². The lowest BCUT2D eigenvalue weighted by molar-refractivity contribution is -0.160. The van der Waals surface area contributed by atoms with Crippen molar-refractivity contribution < 1.29 is 9.53 Å². The zero-order valence-electron chi connectivity index (χ0n) is 19.7. The van der Waals surface area contributed by atoms with Gasteiger partial charge in [-0.3, -0.25) is 4.79 Å². The summed E-state index contributed by atoms with van der Waals surface area (Å²) < 4.78 is 9.95. The third kappa shape index (κ3) is 3.92. The first kappa shape index (κ1) is 21.4. The smallest absolute Gasteiger partial charge is 0.229 e. The maximum Gasteiger partial charge on any atom is 0.229 e. The molecule has 5 aliphatic rings. The number of ether oxygens (including phenoxy) is 1. The van der Waals surface area contributed by atoms with E-state index in [1.54, 1.807) is 7.11 Å². The zero-order chi connectivity index (χ0) is 22.6. The maximum atomic E-state index is 13.8. The molecule has 0 radical (unpaired) electrons. The van der Waals surface area contributed by atoms with Crippen molar-refractivity contribution in [3.63, 3.8) is 0 Å².